The molecule has 0 aliphatic heterocycles. The average Bonchev–Trinajstić information content (AvgIpc) is 2.20. The first-order chi connectivity index (χ1) is 4.75. The predicted molar refractivity (Wildman–Crippen MR) is 39.2 cm³/mol. The molecule has 0 saturated heterocycles. The zero-order valence-electron chi connectivity index (χ0n) is 5.39. The molecule has 3 nitrogen and oxygen atoms in total. The van der Waals surface area contributed by atoms with Crippen LogP contribution in [0, 0.1) is 13.5 Å². The van der Waals surface area contributed by atoms with Crippen molar-refractivity contribution in [1.29, 1.82) is 0 Å². The first-order valence-corrected chi connectivity index (χ1v) is 3.49. The summed E-state index contributed by atoms with van der Waals surface area (Å²) in [5.74, 6) is 0.721. The molecule has 0 bridgehead atoms. The van der Waals surface area contributed by atoms with Crippen molar-refractivity contribution < 1.29 is 4.52 Å². The Morgan fingerprint density at radius 2 is 2.50 bits per heavy atom. The van der Waals surface area contributed by atoms with Crippen molar-refractivity contribution in [3.05, 3.63) is 27.3 Å². The van der Waals surface area contributed by atoms with Crippen molar-refractivity contribution in [2.75, 3.05) is 0 Å². The third kappa shape index (κ3) is 1.19. The second-order valence-corrected chi connectivity index (χ2v) is 2.61. The lowest BCUT2D eigenvalue weighted by molar-refractivity contribution is 0.391. The first kappa shape index (κ1) is 7.29. The number of hydrogen-bond donors (Lipinski definition) is 0. The maximum absolute atomic E-state index is 6.57. The summed E-state index contributed by atoms with van der Waals surface area (Å²) in [6, 6.07) is 0. The lowest BCUT2D eigenvalue weighted by atomic mass is 10.4. The molecule has 1 aromatic rings. The van der Waals surface area contributed by atoms with Crippen LogP contribution in [0.4, 0.5) is 0 Å². The van der Waals surface area contributed by atoms with Crippen molar-refractivity contribution in [2.24, 2.45) is 0 Å². The van der Waals surface area contributed by atoms with Gasteiger partial charge in [0.15, 0.2) is 5.69 Å². The Balaban J connectivity index is 2.96. The highest BCUT2D eigenvalue weighted by Gasteiger charge is 2.10. The van der Waals surface area contributed by atoms with E-state index in [1.807, 2.05) is 0 Å². The standard InChI is InChI=1S/C6H5BrN2O/c1-4-6(7)5(3-8-2)9-10-4/h3H2,1H3. The minimum Gasteiger partial charge on any atom is -0.360 e. The summed E-state index contributed by atoms with van der Waals surface area (Å²) in [7, 11) is 0. The Morgan fingerprint density at radius 3 is 2.90 bits per heavy atom. The molecule has 0 spiro atoms. The number of aryl methyl sites for hydroxylation is 1. The second-order valence-electron chi connectivity index (χ2n) is 1.82. The normalized spacial score (nSPS) is 9.30. The Morgan fingerprint density at radius 1 is 1.80 bits per heavy atom. The molecular weight excluding hydrogens is 196 g/mol. The van der Waals surface area contributed by atoms with Crippen LogP contribution < -0.4 is 0 Å². The van der Waals surface area contributed by atoms with E-state index in [0.717, 1.165) is 10.2 Å². The molecule has 0 radical (unpaired) electrons. The maximum atomic E-state index is 6.57. The van der Waals surface area contributed by atoms with Gasteiger partial charge in [0, 0.05) is 0 Å². The smallest absolute Gasteiger partial charge is 0.260 e. The van der Waals surface area contributed by atoms with Gasteiger partial charge in [-0.05, 0) is 22.9 Å². The molecule has 1 heterocycles. The molecular formula is C6H5BrN2O. The molecule has 0 amide bonds. The zero-order chi connectivity index (χ0) is 7.56. The molecule has 0 atom stereocenters. The summed E-state index contributed by atoms with van der Waals surface area (Å²) in [5, 5.41) is 3.67. The molecule has 0 fully saturated rings. The van der Waals surface area contributed by atoms with Gasteiger partial charge in [-0.25, -0.2) is 6.57 Å². The minimum absolute atomic E-state index is 0.276. The summed E-state index contributed by atoms with van der Waals surface area (Å²) in [6.45, 7) is 8.64. The molecule has 1 aromatic heterocycles. The highest BCUT2D eigenvalue weighted by atomic mass is 79.9. The van der Waals surface area contributed by atoms with Crippen molar-refractivity contribution in [2.45, 2.75) is 13.5 Å². The first-order valence-electron chi connectivity index (χ1n) is 2.69. The number of nitrogens with zero attached hydrogens (tertiary/aromatic N) is 2. The predicted octanol–water partition coefficient (Wildman–Crippen LogP) is 2.16. The van der Waals surface area contributed by atoms with Crippen LogP contribution >= 0.6 is 15.9 Å². The van der Waals surface area contributed by atoms with Crippen LogP contribution in [0.5, 0.6) is 0 Å². The Bertz CT molecular complexity index is 274. The molecule has 4 heteroatoms. The van der Waals surface area contributed by atoms with E-state index in [1.54, 1.807) is 6.92 Å². The van der Waals surface area contributed by atoms with Crippen LogP contribution in [0.3, 0.4) is 0 Å². The van der Waals surface area contributed by atoms with E-state index in [2.05, 4.69) is 25.9 Å². The summed E-state index contributed by atoms with van der Waals surface area (Å²) in [5.41, 5.74) is 0.674. The fraction of sp³-hybridized carbons (Fsp3) is 0.333. The summed E-state index contributed by atoms with van der Waals surface area (Å²) in [4.78, 5) is 3.18. The van der Waals surface area contributed by atoms with Gasteiger partial charge in [0.2, 0.25) is 0 Å². The van der Waals surface area contributed by atoms with Gasteiger partial charge >= 0.3 is 0 Å². The van der Waals surface area contributed by atoms with Gasteiger partial charge in [0.25, 0.3) is 6.54 Å². The topological polar surface area (TPSA) is 30.4 Å². The lowest BCUT2D eigenvalue weighted by Crippen LogP contribution is -1.77. The van der Waals surface area contributed by atoms with E-state index in [1.165, 1.54) is 0 Å². The van der Waals surface area contributed by atoms with Gasteiger partial charge in [-0.15, -0.1) is 0 Å². The number of aromatic nitrogens is 1. The Kier molecular flexibility index (Phi) is 2.07. The van der Waals surface area contributed by atoms with Gasteiger partial charge in [-0.2, -0.15) is 0 Å². The zero-order valence-corrected chi connectivity index (χ0v) is 6.97. The van der Waals surface area contributed by atoms with Crippen molar-refractivity contribution in [3.8, 4) is 0 Å². The number of rotatable bonds is 1. The van der Waals surface area contributed by atoms with Crippen molar-refractivity contribution in [1.82, 2.24) is 5.16 Å². The third-order valence-electron chi connectivity index (χ3n) is 1.08. The largest absolute Gasteiger partial charge is 0.360 e. The van der Waals surface area contributed by atoms with Gasteiger partial charge < -0.3 is 9.37 Å². The highest BCUT2D eigenvalue weighted by molar-refractivity contribution is 9.10. The van der Waals surface area contributed by atoms with Crippen LogP contribution in [0.1, 0.15) is 11.5 Å². The second kappa shape index (κ2) is 2.84. The quantitative estimate of drug-likeness (QED) is 0.651. The molecule has 52 valence electrons. The fourth-order valence-corrected chi connectivity index (χ4v) is 0.850. The minimum atomic E-state index is 0.276. The summed E-state index contributed by atoms with van der Waals surface area (Å²) >= 11 is 3.25. The van der Waals surface area contributed by atoms with Crippen LogP contribution in [0.2, 0.25) is 0 Å². The van der Waals surface area contributed by atoms with E-state index in [4.69, 9.17) is 11.1 Å². The van der Waals surface area contributed by atoms with Gasteiger partial charge in [-0.3, -0.25) is 0 Å². The van der Waals surface area contributed by atoms with E-state index in [9.17, 15) is 0 Å². The van der Waals surface area contributed by atoms with Crippen LogP contribution in [0.25, 0.3) is 4.85 Å². The molecule has 10 heavy (non-hydrogen) atoms. The van der Waals surface area contributed by atoms with E-state index >= 15 is 0 Å². The van der Waals surface area contributed by atoms with Gasteiger partial charge in [-0.1, -0.05) is 5.16 Å². The van der Waals surface area contributed by atoms with E-state index in [-0.39, 0.29) is 6.54 Å². The monoisotopic (exact) mass is 200 g/mol. The molecule has 0 saturated carbocycles. The summed E-state index contributed by atoms with van der Waals surface area (Å²) < 4.78 is 5.62. The number of hydrogen-bond acceptors (Lipinski definition) is 2. The van der Waals surface area contributed by atoms with Gasteiger partial charge in [0.05, 0.1) is 4.47 Å². The van der Waals surface area contributed by atoms with Crippen molar-refractivity contribution in [3.63, 3.8) is 0 Å². The summed E-state index contributed by atoms with van der Waals surface area (Å²) in [6.07, 6.45) is 0. The third-order valence-corrected chi connectivity index (χ3v) is 2.10. The van der Waals surface area contributed by atoms with Crippen molar-refractivity contribution >= 4 is 15.9 Å². The Labute approximate surface area is 67.0 Å². The Hall–Kier alpha value is -0.820. The highest BCUT2D eigenvalue weighted by Crippen LogP contribution is 2.20. The van der Waals surface area contributed by atoms with E-state index in [0.29, 0.717) is 5.69 Å². The molecule has 0 N–H and O–H groups in total. The number of halogens is 1. The molecule has 0 aliphatic carbocycles. The average molecular weight is 201 g/mol. The van der Waals surface area contributed by atoms with Gasteiger partial charge in [0.1, 0.15) is 5.76 Å². The lowest BCUT2D eigenvalue weighted by Gasteiger charge is -1.80. The fourth-order valence-electron chi connectivity index (χ4n) is 0.580. The SMILES string of the molecule is [C-]#[N+]Cc1noc(C)c1Br. The molecule has 0 aliphatic rings. The molecule has 0 unspecified atom stereocenters. The van der Waals surface area contributed by atoms with E-state index < -0.39 is 0 Å². The van der Waals surface area contributed by atoms with Crippen LogP contribution in [-0.2, 0) is 6.54 Å². The molecule has 1 rings (SSSR count). The van der Waals surface area contributed by atoms with Crippen LogP contribution in [0.15, 0.2) is 9.00 Å². The van der Waals surface area contributed by atoms with Crippen LogP contribution in [-0.4, -0.2) is 5.16 Å². The maximum Gasteiger partial charge on any atom is 0.260 e. The molecule has 0 aromatic carbocycles.